The lowest BCUT2D eigenvalue weighted by Gasteiger charge is -2.44. The van der Waals surface area contributed by atoms with Crippen LogP contribution in [0.15, 0.2) is 0 Å². The van der Waals surface area contributed by atoms with Crippen molar-refractivity contribution in [1.29, 1.82) is 0 Å². The zero-order valence-electron chi connectivity index (χ0n) is 10.9. The van der Waals surface area contributed by atoms with Gasteiger partial charge in [0.2, 0.25) is 0 Å². The van der Waals surface area contributed by atoms with E-state index in [-0.39, 0.29) is 0 Å². The largest absolute Gasteiger partial charge is 0.299 e. The van der Waals surface area contributed by atoms with Gasteiger partial charge in [-0.1, -0.05) is 33.1 Å². The summed E-state index contributed by atoms with van der Waals surface area (Å²) in [4.78, 5) is 12.4. The van der Waals surface area contributed by atoms with Crippen molar-refractivity contribution in [2.45, 2.75) is 71.6 Å². The summed E-state index contributed by atoms with van der Waals surface area (Å²) in [5.41, 5.74) is 0.434. The topological polar surface area (TPSA) is 17.1 Å². The van der Waals surface area contributed by atoms with E-state index in [1.165, 1.54) is 44.9 Å². The SMILES string of the molecule is CCCC(=O)[C@H]1[C@H](C)CCCC12CCCC2. The molecule has 1 heteroatoms. The van der Waals surface area contributed by atoms with E-state index in [9.17, 15) is 4.79 Å². The van der Waals surface area contributed by atoms with Crippen LogP contribution in [0.1, 0.15) is 71.6 Å². The van der Waals surface area contributed by atoms with Gasteiger partial charge in [0.1, 0.15) is 5.78 Å². The van der Waals surface area contributed by atoms with Crippen LogP contribution in [-0.4, -0.2) is 5.78 Å². The minimum atomic E-state index is 0.406. The van der Waals surface area contributed by atoms with E-state index < -0.39 is 0 Å². The molecule has 16 heavy (non-hydrogen) atoms. The third-order valence-corrected chi connectivity index (χ3v) is 5.01. The van der Waals surface area contributed by atoms with Crippen molar-refractivity contribution >= 4 is 5.78 Å². The first-order valence-electron chi connectivity index (χ1n) is 7.22. The molecule has 2 fully saturated rings. The van der Waals surface area contributed by atoms with Gasteiger partial charge in [0.15, 0.2) is 0 Å². The van der Waals surface area contributed by atoms with Gasteiger partial charge in [-0.05, 0) is 43.4 Å². The van der Waals surface area contributed by atoms with E-state index in [4.69, 9.17) is 0 Å². The van der Waals surface area contributed by atoms with Crippen LogP contribution in [0.4, 0.5) is 0 Å². The summed E-state index contributed by atoms with van der Waals surface area (Å²) in [6.45, 7) is 4.45. The highest BCUT2D eigenvalue weighted by atomic mass is 16.1. The lowest BCUT2D eigenvalue weighted by Crippen LogP contribution is -2.41. The van der Waals surface area contributed by atoms with E-state index in [0.717, 1.165) is 12.8 Å². The lowest BCUT2D eigenvalue weighted by molar-refractivity contribution is -0.131. The van der Waals surface area contributed by atoms with Crippen LogP contribution in [-0.2, 0) is 4.79 Å². The minimum absolute atomic E-state index is 0.406. The number of hydrogen-bond donors (Lipinski definition) is 0. The third-order valence-electron chi connectivity index (χ3n) is 5.01. The molecule has 0 aromatic carbocycles. The van der Waals surface area contributed by atoms with Crippen LogP contribution < -0.4 is 0 Å². The molecule has 2 saturated carbocycles. The van der Waals surface area contributed by atoms with Gasteiger partial charge in [-0.25, -0.2) is 0 Å². The van der Waals surface area contributed by atoms with Crippen molar-refractivity contribution in [3.05, 3.63) is 0 Å². The van der Waals surface area contributed by atoms with Crippen molar-refractivity contribution < 1.29 is 4.79 Å². The molecule has 0 aliphatic heterocycles. The summed E-state index contributed by atoms with van der Waals surface area (Å²) in [6, 6.07) is 0. The van der Waals surface area contributed by atoms with E-state index in [0.29, 0.717) is 23.0 Å². The molecule has 2 aliphatic rings. The van der Waals surface area contributed by atoms with Crippen molar-refractivity contribution in [3.8, 4) is 0 Å². The molecule has 2 aliphatic carbocycles. The first kappa shape index (κ1) is 12.1. The third kappa shape index (κ3) is 2.06. The predicted octanol–water partition coefficient (Wildman–Crippen LogP) is 4.35. The summed E-state index contributed by atoms with van der Waals surface area (Å²) >= 11 is 0. The second kappa shape index (κ2) is 4.89. The molecule has 0 saturated heterocycles. The molecule has 0 aromatic heterocycles. The number of carbonyl (C=O) groups excluding carboxylic acids is 1. The van der Waals surface area contributed by atoms with Gasteiger partial charge in [0.25, 0.3) is 0 Å². The van der Waals surface area contributed by atoms with Crippen molar-refractivity contribution in [2.75, 3.05) is 0 Å². The molecule has 2 atom stereocenters. The summed E-state index contributed by atoms with van der Waals surface area (Å²) in [7, 11) is 0. The first-order chi connectivity index (χ1) is 7.69. The standard InChI is InChI=1S/C15H26O/c1-3-7-13(16)14-12(2)8-6-11-15(14)9-4-5-10-15/h12,14H,3-11H2,1-2H3/t12-,14-/m1/s1. The average molecular weight is 222 g/mol. The van der Waals surface area contributed by atoms with E-state index in [2.05, 4.69) is 13.8 Å². The number of carbonyl (C=O) groups is 1. The van der Waals surface area contributed by atoms with Crippen molar-refractivity contribution in [2.24, 2.45) is 17.3 Å². The molecule has 2 rings (SSSR count). The number of hydrogen-bond acceptors (Lipinski definition) is 1. The van der Waals surface area contributed by atoms with E-state index in [1.54, 1.807) is 0 Å². The van der Waals surface area contributed by atoms with Crippen molar-refractivity contribution in [3.63, 3.8) is 0 Å². The minimum Gasteiger partial charge on any atom is -0.299 e. The second-order valence-corrected chi connectivity index (χ2v) is 6.13. The fourth-order valence-electron chi connectivity index (χ4n) is 4.40. The molecule has 0 unspecified atom stereocenters. The molecular weight excluding hydrogens is 196 g/mol. The fourth-order valence-corrected chi connectivity index (χ4v) is 4.40. The zero-order valence-corrected chi connectivity index (χ0v) is 10.9. The Labute approximate surface area is 100.0 Å². The molecule has 0 N–H and O–H groups in total. The quantitative estimate of drug-likeness (QED) is 0.693. The molecule has 0 radical (unpaired) electrons. The summed E-state index contributed by atoms with van der Waals surface area (Å²) in [5, 5.41) is 0. The molecule has 1 nitrogen and oxygen atoms in total. The van der Waals surface area contributed by atoms with Gasteiger partial charge in [-0.15, -0.1) is 0 Å². The molecule has 1 spiro atoms. The van der Waals surface area contributed by atoms with Crippen LogP contribution in [0, 0.1) is 17.3 Å². The van der Waals surface area contributed by atoms with Gasteiger partial charge in [-0.3, -0.25) is 4.79 Å². The summed E-state index contributed by atoms with van der Waals surface area (Å²) < 4.78 is 0. The Morgan fingerprint density at radius 3 is 2.44 bits per heavy atom. The first-order valence-corrected chi connectivity index (χ1v) is 7.22. The monoisotopic (exact) mass is 222 g/mol. The zero-order chi connectivity index (χ0) is 11.6. The highest BCUT2D eigenvalue weighted by molar-refractivity contribution is 5.82. The number of ketones is 1. The average Bonchev–Trinajstić information content (AvgIpc) is 2.67. The van der Waals surface area contributed by atoms with Gasteiger partial charge >= 0.3 is 0 Å². The summed E-state index contributed by atoms with van der Waals surface area (Å²) in [5.74, 6) is 1.63. The van der Waals surface area contributed by atoms with Gasteiger partial charge in [-0.2, -0.15) is 0 Å². The molecule has 0 heterocycles. The maximum Gasteiger partial charge on any atom is 0.136 e. The van der Waals surface area contributed by atoms with Crippen molar-refractivity contribution in [1.82, 2.24) is 0 Å². The Morgan fingerprint density at radius 2 is 1.81 bits per heavy atom. The molecule has 0 amide bonds. The lowest BCUT2D eigenvalue weighted by atomic mass is 9.59. The molecular formula is C15H26O. The molecule has 0 bridgehead atoms. The van der Waals surface area contributed by atoms with Gasteiger partial charge < -0.3 is 0 Å². The van der Waals surface area contributed by atoms with Gasteiger partial charge in [0, 0.05) is 12.3 Å². The highest BCUT2D eigenvalue weighted by Crippen LogP contribution is 2.54. The Balaban J connectivity index is 2.17. The van der Waals surface area contributed by atoms with Crippen LogP contribution in [0.3, 0.4) is 0 Å². The van der Waals surface area contributed by atoms with Crippen LogP contribution in [0.25, 0.3) is 0 Å². The summed E-state index contributed by atoms with van der Waals surface area (Å²) in [6.07, 6.45) is 11.2. The van der Waals surface area contributed by atoms with Crippen LogP contribution in [0.5, 0.6) is 0 Å². The van der Waals surface area contributed by atoms with Crippen LogP contribution in [0.2, 0.25) is 0 Å². The maximum absolute atomic E-state index is 12.4. The van der Waals surface area contributed by atoms with Crippen LogP contribution >= 0.6 is 0 Å². The maximum atomic E-state index is 12.4. The number of Topliss-reactive ketones (excluding diaryl/α,β-unsaturated/α-hetero) is 1. The normalized spacial score (nSPS) is 33.1. The smallest absolute Gasteiger partial charge is 0.136 e. The molecule has 0 aromatic rings. The number of rotatable bonds is 3. The highest BCUT2D eigenvalue weighted by Gasteiger charge is 2.48. The van der Waals surface area contributed by atoms with E-state index in [1.807, 2.05) is 0 Å². The Bertz CT molecular complexity index is 250. The Hall–Kier alpha value is -0.330. The Kier molecular flexibility index (Phi) is 3.71. The van der Waals surface area contributed by atoms with Gasteiger partial charge in [0.05, 0.1) is 0 Å². The van der Waals surface area contributed by atoms with E-state index >= 15 is 0 Å². The fraction of sp³-hybridized carbons (Fsp3) is 0.933. The Morgan fingerprint density at radius 1 is 1.19 bits per heavy atom. The second-order valence-electron chi connectivity index (χ2n) is 6.13. The predicted molar refractivity (Wildman–Crippen MR) is 67.3 cm³/mol. The molecule has 92 valence electrons.